The number of pyridine rings is 1. The molecule has 0 spiro atoms. The highest BCUT2D eigenvalue weighted by molar-refractivity contribution is 5.85. The summed E-state index contributed by atoms with van der Waals surface area (Å²) >= 11 is 0. The first-order chi connectivity index (χ1) is 7.92. The van der Waals surface area contributed by atoms with E-state index >= 15 is 0 Å². The normalized spacial score (nSPS) is 10.8. The monoisotopic (exact) mass is 238 g/mol. The number of aromatic nitrogens is 1. The van der Waals surface area contributed by atoms with Crippen molar-refractivity contribution in [2.45, 2.75) is 33.3 Å². The van der Waals surface area contributed by atoms with E-state index in [0.29, 0.717) is 18.2 Å². The molecule has 0 aliphatic rings. The van der Waals surface area contributed by atoms with Gasteiger partial charge in [-0.3, -0.25) is 5.32 Å². The molecule has 1 heterocycles. The van der Waals surface area contributed by atoms with Crippen molar-refractivity contribution >= 4 is 11.9 Å². The van der Waals surface area contributed by atoms with Crippen molar-refractivity contribution in [3.8, 4) is 5.75 Å². The van der Waals surface area contributed by atoms with Gasteiger partial charge in [0, 0.05) is 6.20 Å². The van der Waals surface area contributed by atoms with E-state index in [2.05, 4.69) is 10.3 Å². The van der Waals surface area contributed by atoms with Gasteiger partial charge in [-0.1, -0.05) is 0 Å². The maximum atomic E-state index is 11.6. The van der Waals surface area contributed by atoms with Gasteiger partial charge in [0.05, 0.1) is 6.61 Å². The van der Waals surface area contributed by atoms with E-state index < -0.39 is 11.7 Å². The molecule has 0 bridgehead atoms. The molecule has 1 aromatic heterocycles. The second-order valence-corrected chi connectivity index (χ2v) is 4.41. The number of carbonyl (C=O) groups excluding carboxylic acids is 1. The van der Waals surface area contributed by atoms with Crippen LogP contribution in [-0.4, -0.2) is 23.3 Å². The number of ether oxygens (including phenoxy) is 2. The van der Waals surface area contributed by atoms with E-state index in [4.69, 9.17) is 9.47 Å². The number of nitrogens with zero attached hydrogens (tertiary/aromatic N) is 1. The number of nitrogens with one attached hydrogen (secondary N) is 1. The van der Waals surface area contributed by atoms with Gasteiger partial charge in [-0.05, 0) is 39.8 Å². The van der Waals surface area contributed by atoms with Gasteiger partial charge in [0.25, 0.3) is 0 Å². The Labute approximate surface area is 101 Å². The minimum Gasteiger partial charge on any atom is -0.490 e. The Hall–Kier alpha value is -1.78. The fourth-order valence-electron chi connectivity index (χ4n) is 1.16. The number of amides is 1. The van der Waals surface area contributed by atoms with Gasteiger partial charge in [-0.15, -0.1) is 0 Å². The first-order valence-corrected chi connectivity index (χ1v) is 5.50. The predicted octanol–water partition coefficient (Wildman–Crippen LogP) is 2.83. The van der Waals surface area contributed by atoms with Crippen LogP contribution in [0.2, 0.25) is 0 Å². The highest BCUT2D eigenvalue weighted by atomic mass is 16.6. The van der Waals surface area contributed by atoms with Crippen molar-refractivity contribution in [1.29, 1.82) is 0 Å². The van der Waals surface area contributed by atoms with E-state index in [1.165, 1.54) is 0 Å². The molecule has 1 N–H and O–H groups in total. The van der Waals surface area contributed by atoms with Crippen molar-refractivity contribution < 1.29 is 14.3 Å². The van der Waals surface area contributed by atoms with Gasteiger partial charge < -0.3 is 9.47 Å². The van der Waals surface area contributed by atoms with Crippen LogP contribution in [0.3, 0.4) is 0 Å². The topological polar surface area (TPSA) is 60.5 Å². The highest BCUT2D eigenvalue weighted by Gasteiger charge is 2.17. The van der Waals surface area contributed by atoms with Gasteiger partial charge in [0.15, 0.2) is 11.6 Å². The van der Waals surface area contributed by atoms with E-state index in [9.17, 15) is 4.79 Å². The zero-order valence-electron chi connectivity index (χ0n) is 10.6. The Kier molecular flexibility index (Phi) is 4.31. The maximum absolute atomic E-state index is 11.6. The highest BCUT2D eigenvalue weighted by Crippen LogP contribution is 2.21. The Morgan fingerprint density at radius 3 is 2.76 bits per heavy atom. The molecule has 0 unspecified atom stereocenters. The van der Waals surface area contributed by atoms with Gasteiger partial charge in [0.2, 0.25) is 0 Å². The molecule has 0 saturated heterocycles. The molecule has 0 fully saturated rings. The number of rotatable bonds is 3. The van der Waals surface area contributed by atoms with Gasteiger partial charge in [0.1, 0.15) is 5.60 Å². The molecule has 0 aliphatic carbocycles. The number of hydrogen-bond acceptors (Lipinski definition) is 4. The third kappa shape index (κ3) is 4.72. The molecule has 1 amide bonds. The minimum absolute atomic E-state index is 0.364. The van der Waals surface area contributed by atoms with Crippen molar-refractivity contribution in [3.05, 3.63) is 18.3 Å². The molecule has 1 rings (SSSR count). The first-order valence-electron chi connectivity index (χ1n) is 5.50. The number of hydrogen-bond donors (Lipinski definition) is 1. The van der Waals surface area contributed by atoms with Crippen LogP contribution in [0.4, 0.5) is 10.6 Å². The maximum Gasteiger partial charge on any atom is 0.413 e. The molecule has 0 atom stereocenters. The summed E-state index contributed by atoms with van der Waals surface area (Å²) in [4.78, 5) is 15.6. The summed E-state index contributed by atoms with van der Waals surface area (Å²) in [6.45, 7) is 7.77. The average Bonchev–Trinajstić information content (AvgIpc) is 2.18. The Morgan fingerprint density at radius 2 is 2.18 bits per heavy atom. The summed E-state index contributed by atoms with van der Waals surface area (Å²) in [6.07, 6.45) is 1.03. The summed E-state index contributed by atoms with van der Waals surface area (Å²) in [6, 6.07) is 3.48. The Morgan fingerprint density at radius 1 is 1.47 bits per heavy atom. The van der Waals surface area contributed by atoms with E-state index in [1.807, 2.05) is 6.92 Å². The van der Waals surface area contributed by atoms with Crippen molar-refractivity contribution in [3.63, 3.8) is 0 Å². The van der Waals surface area contributed by atoms with Crippen LogP contribution in [0.5, 0.6) is 5.75 Å². The quantitative estimate of drug-likeness (QED) is 0.879. The number of anilines is 1. The van der Waals surface area contributed by atoms with Crippen LogP contribution in [0, 0.1) is 0 Å². The van der Waals surface area contributed by atoms with Crippen LogP contribution < -0.4 is 10.1 Å². The molecule has 0 aromatic carbocycles. The molecular formula is C12H18N2O3. The van der Waals surface area contributed by atoms with E-state index in [-0.39, 0.29) is 0 Å². The lowest BCUT2D eigenvalue weighted by Crippen LogP contribution is -2.27. The Balaban J connectivity index is 2.71. The molecule has 5 nitrogen and oxygen atoms in total. The summed E-state index contributed by atoms with van der Waals surface area (Å²) in [5, 5.41) is 2.55. The summed E-state index contributed by atoms with van der Waals surface area (Å²) < 4.78 is 10.5. The van der Waals surface area contributed by atoms with Gasteiger partial charge in [-0.25, -0.2) is 9.78 Å². The third-order valence-corrected chi connectivity index (χ3v) is 1.69. The molecule has 0 saturated carbocycles. The van der Waals surface area contributed by atoms with E-state index in [0.717, 1.165) is 0 Å². The van der Waals surface area contributed by atoms with Gasteiger partial charge >= 0.3 is 6.09 Å². The summed E-state index contributed by atoms with van der Waals surface area (Å²) in [7, 11) is 0. The first kappa shape index (κ1) is 13.3. The second-order valence-electron chi connectivity index (χ2n) is 4.41. The molecule has 94 valence electrons. The summed E-state index contributed by atoms with van der Waals surface area (Å²) in [5.74, 6) is 0.893. The van der Waals surface area contributed by atoms with Crippen LogP contribution in [0.15, 0.2) is 18.3 Å². The van der Waals surface area contributed by atoms with Crippen molar-refractivity contribution in [2.24, 2.45) is 0 Å². The molecular weight excluding hydrogens is 220 g/mol. The fourth-order valence-corrected chi connectivity index (χ4v) is 1.16. The zero-order valence-corrected chi connectivity index (χ0v) is 10.6. The van der Waals surface area contributed by atoms with Crippen LogP contribution in [0.25, 0.3) is 0 Å². The lowest BCUT2D eigenvalue weighted by molar-refractivity contribution is 0.0634. The van der Waals surface area contributed by atoms with E-state index in [1.54, 1.807) is 39.1 Å². The predicted molar refractivity (Wildman–Crippen MR) is 65.3 cm³/mol. The SMILES string of the molecule is CCOc1cccnc1NC(=O)OC(C)(C)C. The molecule has 5 heteroatoms. The smallest absolute Gasteiger partial charge is 0.413 e. The molecule has 17 heavy (non-hydrogen) atoms. The summed E-state index contributed by atoms with van der Waals surface area (Å²) in [5.41, 5.74) is -0.537. The largest absolute Gasteiger partial charge is 0.490 e. The fraction of sp³-hybridized carbons (Fsp3) is 0.500. The zero-order chi connectivity index (χ0) is 12.9. The molecule has 0 radical (unpaired) electrons. The van der Waals surface area contributed by atoms with Gasteiger partial charge in [-0.2, -0.15) is 0 Å². The lowest BCUT2D eigenvalue weighted by atomic mass is 10.2. The number of carbonyl (C=O) groups is 1. The lowest BCUT2D eigenvalue weighted by Gasteiger charge is -2.19. The standard InChI is InChI=1S/C12H18N2O3/c1-5-16-9-7-6-8-13-10(9)14-11(15)17-12(2,3)4/h6-8H,5H2,1-4H3,(H,13,14,15). The Bertz CT molecular complexity index is 386. The average molecular weight is 238 g/mol. The molecule has 1 aromatic rings. The third-order valence-electron chi connectivity index (χ3n) is 1.69. The van der Waals surface area contributed by atoms with Crippen LogP contribution >= 0.6 is 0 Å². The second kappa shape index (κ2) is 5.52. The van der Waals surface area contributed by atoms with Crippen LogP contribution in [-0.2, 0) is 4.74 Å². The minimum atomic E-state index is -0.544. The van der Waals surface area contributed by atoms with Crippen LogP contribution in [0.1, 0.15) is 27.7 Å². The van der Waals surface area contributed by atoms with Crippen molar-refractivity contribution in [2.75, 3.05) is 11.9 Å². The molecule has 0 aliphatic heterocycles. The van der Waals surface area contributed by atoms with Crippen molar-refractivity contribution in [1.82, 2.24) is 4.98 Å².